The summed E-state index contributed by atoms with van der Waals surface area (Å²) in [7, 11) is 0. The van der Waals surface area contributed by atoms with Crippen molar-refractivity contribution in [3.63, 3.8) is 0 Å². The largest absolute Gasteiger partial charge is 0.362 e. The van der Waals surface area contributed by atoms with Crippen molar-refractivity contribution in [2.75, 3.05) is 10.6 Å². The fourth-order valence-electron chi connectivity index (χ4n) is 2.06. The molecule has 138 valence electrons. The number of hydrogen-bond donors (Lipinski definition) is 3. The minimum absolute atomic E-state index is 0.172. The molecule has 0 unspecified atom stereocenters. The van der Waals surface area contributed by atoms with Crippen LogP contribution in [0.5, 0.6) is 0 Å². The molecule has 1 atom stereocenters. The third-order valence-corrected chi connectivity index (χ3v) is 4.53. The molecule has 9 heteroatoms. The first-order chi connectivity index (χ1) is 12.1. The summed E-state index contributed by atoms with van der Waals surface area (Å²) in [4.78, 5) is 23.5. The highest BCUT2D eigenvalue weighted by molar-refractivity contribution is 14.1. The Morgan fingerprint density at radius 3 is 2.19 bits per heavy atom. The van der Waals surface area contributed by atoms with Gasteiger partial charge in [-0.3, -0.25) is 9.59 Å². The lowest BCUT2D eigenvalue weighted by Gasteiger charge is -2.27. The van der Waals surface area contributed by atoms with Gasteiger partial charge in [-0.15, -0.1) is 0 Å². The number of anilines is 2. The lowest BCUT2D eigenvalue weighted by Crippen LogP contribution is -2.49. The van der Waals surface area contributed by atoms with E-state index in [2.05, 4.69) is 38.5 Å². The summed E-state index contributed by atoms with van der Waals surface area (Å²) in [5.74, 6) is -0.545. The number of carbonyl (C=O) groups is 2. The second kappa shape index (κ2) is 9.12. The van der Waals surface area contributed by atoms with Crippen molar-refractivity contribution in [2.45, 2.75) is 16.9 Å². The standard InChI is InChI=1S/C17H15Cl3IN3O2/c1-10(25)22-13-5-7-14(8-6-13)23-16(17(18,19)20)24-15(26)11-3-2-4-12(21)9-11/h2-9,16,23H,1H3,(H,22,25)(H,24,26)/t16-/m1/s1. The number of carbonyl (C=O) groups excluding carboxylic acids is 2. The highest BCUT2D eigenvalue weighted by Crippen LogP contribution is 2.31. The van der Waals surface area contributed by atoms with Crippen molar-refractivity contribution in [3.8, 4) is 0 Å². The molecule has 2 aromatic rings. The summed E-state index contributed by atoms with van der Waals surface area (Å²) in [6.07, 6.45) is -0.968. The van der Waals surface area contributed by atoms with E-state index in [1.807, 2.05) is 6.07 Å². The molecular weight excluding hydrogens is 511 g/mol. The van der Waals surface area contributed by atoms with E-state index in [-0.39, 0.29) is 11.8 Å². The maximum Gasteiger partial charge on any atom is 0.253 e. The quantitative estimate of drug-likeness (QED) is 0.298. The Hall–Kier alpha value is -1.22. The van der Waals surface area contributed by atoms with Crippen LogP contribution in [0.2, 0.25) is 0 Å². The molecule has 3 N–H and O–H groups in total. The Bertz CT molecular complexity index is 795. The summed E-state index contributed by atoms with van der Waals surface area (Å²) in [6, 6.07) is 13.8. The predicted molar refractivity (Wildman–Crippen MR) is 115 cm³/mol. The van der Waals surface area contributed by atoms with Crippen molar-refractivity contribution >= 4 is 80.6 Å². The van der Waals surface area contributed by atoms with Crippen LogP contribution in [0.3, 0.4) is 0 Å². The molecule has 0 saturated carbocycles. The number of nitrogens with one attached hydrogen (secondary N) is 3. The summed E-state index contributed by atoms with van der Waals surface area (Å²) in [5.41, 5.74) is 1.70. The number of rotatable bonds is 5. The van der Waals surface area contributed by atoms with Crippen molar-refractivity contribution in [3.05, 3.63) is 57.7 Å². The molecule has 0 heterocycles. The molecular formula is C17H15Cl3IN3O2. The van der Waals surface area contributed by atoms with Gasteiger partial charge in [-0.2, -0.15) is 0 Å². The summed E-state index contributed by atoms with van der Waals surface area (Å²) >= 11 is 20.1. The molecule has 0 fully saturated rings. The van der Waals surface area contributed by atoms with E-state index < -0.39 is 9.96 Å². The van der Waals surface area contributed by atoms with Gasteiger partial charge < -0.3 is 16.0 Å². The number of benzene rings is 2. The highest BCUT2D eigenvalue weighted by atomic mass is 127. The molecule has 0 saturated heterocycles. The van der Waals surface area contributed by atoms with Gasteiger partial charge in [0.15, 0.2) is 0 Å². The first kappa shape index (κ1) is 21.1. The van der Waals surface area contributed by atoms with Gasteiger partial charge in [-0.1, -0.05) is 40.9 Å². The average molecular weight is 527 g/mol. The van der Waals surface area contributed by atoms with E-state index in [0.717, 1.165) is 3.57 Å². The lowest BCUT2D eigenvalue weighted by atomic mass is 10.2. The molecule has 0 radical (unpaired) electrons. The van der Waals surface area contributed by atoms with Gasteiger partial charge in [0.1, 0.15) is 6.17 Å². The Balaban J connectivity index is 2.12. The fourth-order valence-corrected chi connectivity index (χ4v) is 2.93. The molecule has 0 spiro atoms. The van der Waals surface area contributed by atoms with Gasteiger partial charge in [-0.05, 0) is 65.1 Å². The Morgan fingerprint density at radius 2 is 1.65 bits per heavy atom. The van der Waals surface area contributed by atoms with Crippen LogP contribution in [0.4, 0.5) is 11.4 Å². The van der Waals surface area contributed by atoms with Gasteiger partial charge in [0, 0.05) is 27.4 Å². The molecule has 2 aromatic carbocycles. The Morgan fingerprint density at radius 1 is 1.04 bits per heavy atom. The summed E-state index contributed by atoms with van der Waals surface area (Å²) in [6.45, 7) is 1.42. The first-order valence-corrected chi connectivity index (χ1v) is 9.64. The van der Waals surface area contributed by atoms with Gasteiger partial charge in [0.2, 0.25) is 9.70 Å². The minimum Gasteiger partial charge on any atom is -0.362 e. The molecule has 2 amide bonds. The van der Waals surface area contributed by atoms with E-state index in [4.69, 9.17) is 34.8 Å². The van der Waals surface area contributed by atoms with Crippen LogP contribution >= 0.6 is 57.4 Å². The maximum atomic E-state index is 12.4. The van der Waals surface area contributed by atoms with Crippen LogP contribution in [0.15, 0.2) is 48.5 Å². The lowest BCUT2D eigenvalue weighted by molar-refractivity contribution is -0.114. The third kappa shape index (κ3) is 6.50. The molecule has 26 heavy (non-hydrogen) atoms. The number of alkyl halides is 3. The normalized spacial score (nSPS) is 12.2. The van der Waals surface area contributed by atoms with E-state index in [0.29, 0.717) is 16.9 Å². The van der Waals surface area contributed by atoms with Crippen LogP contribution in [-0.4, -0.2) is 21.8 Å². The summed E-state index contributed by atoms with van der Waals surface area (Å²) < 4.78 is -0.865. The molecule has 0 aromatic heterocycles. The molecule has 5 nitrogen and oxygen atoms in total. The third-order valence-electron chi connectivity index (χ3n) is 3.21. The Labute approximate surface area is 179 Å². The molecule has 0 aliphatic heterocycles. The minimum atomic E-state index is -1.78. The second-order valence-electron chi connectivity index (χ2n) is 5.36. The molecule has 2 rings (SSSR count). The molecule has 0 aliphatic carbocycles. The van der Waals surface area contributed by atoms with E-state index in [1.54, 1.807) is 42.5 Å². The SMILES string of the molecule is CC(=O)Nc1ccc(N[C@H](NC(=O)c2cccc(I)c2)C(Cl)(Cl)Cl)cc1. The van der Waals surface area contributed by atoms with Gasteiger partial charge >= 0.3 is 0 Å². The van der Waals surface area contributed by atoms with Crippen LogP contribution in [-0.2, 0) is 4.79 Å². The smallest absolute Gasteiger partial charge is 0.253 e. The number of amides is 2. The van der Waals surface area contributed by atoms with Crippen LogP contribution < -0.4 is 16.0 Å². The second-order valence-corrected chi connectivity index (χ2v) is 8.98. The highest BCUT2D eigenvalue weighted by Gasteiger charge is 2.34. The first-order valence-electron chi connectivity index (χ1n) is 7.42. The van der Waals surface area contributed by atoms with Crippen molar-refractivity contribution in [1.29, 1.82) is 0 Å². The molecule has 0 bridgehead atoms. The Kier molecular flexibility index (Phi) is 7.40. The number of hydrogen-bond acceptors (Lipinski definition) is 3. The van der Waals surface area contributed by atoms with E-state index in [9.17, 15) is 9.59 Å². The van der Waals surface area contributed by atoms with Crippen LogP contribution in [0.1, 0.15) is 17.3 Å². The predicted octanol–water partition coefficient (Wildman–Crippen LogP) is 4.79. The zero-order chi connectivity index (χ0) is 19.3. The maximum absolute atomic E-state index is 12.4. The van der Waals surface area contributed by atoms with Crippen molar-refractivity contribution in [2.24, 2.45) is 0 Å². The van der Waals surface area contributed by atoms with Gasteiger partial charge in [-0.25, -0.2) is 0 Å². The van der Waals surface area contributed by atoms with Crippen molar-refractivity contribution in [1.82, 2.24) is 5.32 Å². The summed E-state index contributed by atoms with van der Waals surface area (Å²) in [5, 5.41) is 8.31. The van der Waals surface area contributed by atoms with Crippen LogP contribution in [0.25, 0.3) is 0 Å². The monoisotopic (exact) mass is 525 g/mol. The average Bonchev–Trinajstić information content (AvgIpc) is 2.54. The fraction of sp³-hybridized carbons (Fsp3) is 0.176. The topological polar surface area (TPSA) is 70.2 Å². The van der Waals surface area contributed by atoms with Gasteiger partial charge in [0.25, 0.3) is 5.91 Å². The van der Waals surface area contributed by atoms with E-state index >= 15 is 0 Å². The molecule has 0 aliphatic rings. The van der Waals surface area contributed by atoms with Crippen molar-refractivity contribution < 1.29 is 9.59 Å². The zero-order valence-corrected chi connectivity index (χ0v) is 17.9. The number of halogens is 4. The zero-order valence-electron chi connectivity index (χ0n) is 13.5. The van der Waals surface area contributed by atoms with E-state index in [1.165, 1.54) is 6.92 Å². The van der Waals surface area contributed by atoms with Crippen LogP contribution in [0, 0.1) is 3.57 Å². The van der Waals surface area contributed by atoms with Gasteiger partial charge in [0.05, 0.1) is 0 Å².